The molecule has 0 unspecified atom stereocenters. The lowest BCUT2D eigenvalue weighted by Crippen LogP contribution is -2.62. The van der Waals surface area contributed by atoms with Crippen LogP contribution in [0.15, 0.2) is 30.6 Å². The summed E-state index contributed by atoms with van der Waals surface area (Å²) in [5.74, 6) is 9.74. The minimum Gasteiger partial charge on any atom is -0.345 e. The number of hydrogen-bond acceptors (Lipinski definition) is 1. The van der Waals surface area contributed by atoms with Crippen LogP contribution in [0.5, 0.6) is 0 Å². The van der Waals surface area contributed by atoms with Gasteiger partial charge in [-0.05, 0) is 98.0 Å². The summed E-state index contributed by atoms with van der Waals surface area (Å²) in [5, 5.41) is 0. The minimum absolute atomic E-state index is 1.03. The van der Waals surface area contributed by atoms with Crippen LogP contribution in [0.4, 0.5) is 0 Å². The topological polar surface area (TPSA) is 28.7 Å². The zero-order valence-electron chi connectivity index (χ0n) is 13.7. The van der Waals surface area contributed by atoms with Crippen molar-refractivity contribution in [3.63, 3.8) is 0 Å². The maximum atomic E-state index is 4.06. The van der Waals surface area contributed by atoms with E-state index >= 15 is 0 Å². The van der Waals surface area contributed by atoms with Crippen molar-refractivity contribution in [2.45, 2.75) is 38.5 Å². The van der Waals surface area contributed by atoms with Crippen LogP contribution in [-0.4, -0.2) is 9.97 Å². The molecule has 1 aromatic heterocycles. The van der Waals surface area contributed by atoms with Gasteiger partial charge in [-0.25, -0.2) is 4.98 Å². The molecular formula is C21H26N2. The Morgan fingerprint density at radius 2 is 1.17 bits per heavy atom. The van der Waals surface area contributed by atoms with Crippen molar-refractivity contribution in [3.8, 4) is 0 Å². The molecule has 7 saturated carbocycles. The largest absolute Gasteiger partial charge is 0.345 e. The molecule has 2 aromatic rings. The predicted octanol–water partition coefficient (Wildman–Crippen LogP) is 4.89. The first-order chi connectivity index (χ1) is 11.4. The first-order valence-corrected chi connectivity index (χ1v) is 9.75. The first-order valence-electron chi connectivity index (χ1n) is 9.75. The molecule has 8 bridgehead atoms. The second kappa shape index (κ2) is 4.62. The lowest BCUT2D eigenvalue weighted by molar-refractivity contribution is -0.202. The van der Waals surface area contributed by atoms with Gasteiger partial charge in [-0.15, -0.1) is 0 Å². The standard InChI is InChI=1S/C14H20.C7H6N2/c1-7-2-12-10-4-8-5-11(9(1)10)13(3-7)14(12)6-8;1-2-4-7-6(3-1)8-5-9-7/h7-14H,1-6H2;1-5H,(H,8,9). The zero-order valence-corrected chi connectivity index (χ0v) is 13.7. The highest BCUT2D eigenvalue weighted by atomic mass is 14.9. The zero-order chi connectivity index (χ0) is 15.0. The van der Waals surface area contributed by atoms with E-state index in [1.807, 2.05) is 24.3 Å². The van der Waals surface area contributed by atoms with Gasteiger partial charge in [0.1, 0.15) is 0 Å². The number of para-hydroxylation sites is 2. The quantitative estimate of drug-likeness (QED) is 0.737. The molecule has 0 amide bonds. The summed E-state index contributed by atoms with van der Waals surface area (Å²) < 4.78 is 0. The van der Waals surface area contributed by atoms with E-state index in [9.17, 15) is 0 Å². The Morgan fingerprint density at radius 3 is 1.65 bits per heavy atom. The molecule has 7 aliphatic rings. The fourth-order valence-electron chi connectivity index (χ4n) is 7.77. The minimum atomic E-state index is 1.03. The van der Waals surface area contributed by atoms with Crippen molar-refractivity contribution < 1.29 is 0 Å². The Morgan fingerprint density at radius 1 is 0.696 bits per heavy atom. The van der Waals surface area contributed by atoms with Crippen LogP contribution in [0.3, 0.4) is 0 Å². The van der Waals surface area contributed by atoms with Gasteiger partial charge in [0.15, 0.2) is 0 Å². The van der Waals surface area contributed by atoms with Gasteiger partial charge in [0, 0.05) is 0 Å². The van der Waals surface area contributed by atoms with Gasteiger partial charge < -0.3 is 4.98 Å². The Hall–Kier alpha value is -1.31. The molecule has 1 heterocycles. The van der Waals surface area contributed by atoms with Gasteiger partial charge >= 0.3 is 0 Å². The second-order valence-electron chi connectivity index (χ2n) is 9.05. The second-order valence-corrected chi connectivity index (χ2v) is 9.05. The van der Waals surface area contributed by atoms with E-state index in [4.69, 9.17) is 0 Å². The van der Waals surface area contributed by atoms with Crippen LogP contribution in [-0.2, 0) is 0 Å². The molecule has 7 fully saturated rings. The average molecular weight is 306 g/mol. The SMILES string of the molecule is C1C2CC3C4CC5CC(C14)C(C2)C3C5.c1ccc2[nH]cnc2c1. The third-order valence-corrected chi connectivity index (χ3v) is 8.26. The van der Waals surface area contributed by atoms with Gasteiger partial charge in [0.25, 0.3) is 0 Å². The Labute approximate surface area is 138 Å². The highest BCUT2D eigenvalue weighted by Gasteiger charge is 2.63. The molecule has 2 heteroatoms. The molecule has 120 valence electrons. The number of nitrogens with one attached hydrogen (secondary N) is 1. The molecule has 0 spiro atoms. The summed E-state index contributed by atoms with van der Waals surface area (Å²) in [4.78, 5) is 7.07. The molecule has 0 saturated heterocycles. The Balaban J connectivity index is 0.000000109. The summed E-state index contributed by atoms with van der Waals surface area (Å²) >= 11 is 0. The first kappa shape index (κ1) is 13.0. The Kier molecular flexibility index (Phi) is 2.62. The molecule has 0 aliphatic heterocycles. The summed E-state index contributed by atoms with van der Waals surface area (Å²) in [7, 11) is 0. The van der Waals surface area contributed by atoms with Gasteiger partial charge in [-0.1, -0.05) is 12.1 Å². The van der Waals surface area contributed by atoms with Crippen molar-refractivity contribution >= 4 is 11.0 Å². The van der Waals surface area contributed by atoms with Crippen molar-refractivity contribution in [2.75, 3.05) is 0 Å². The van der Waals surface area contributed by atoms with Crippen LogP contribution in [0, 0.1) is 47.3 Å². The van der Waals surface area contributed by atoms with E-state index in [0.29, 0.717) is 0 Å². The van der Waals surface area contributed by atoms with Gasteiger partial charge in [0.05, 0.1) is 17.4 Å². The van der Waals surface area contributed by atoms with Crippen molar-refractivity contribution in [1.82, 2.24) is 9.97 Å². The third kappa shape index (κ3) is 1.78. The van der Waals surface area contributed by atoms with E-state index in [2.05, 4.69) is 9.97 Å². The Bertz CT molecular complexity index is 614. The van der Waals surface area contributed by atoms with Crippen LogP contribution in [0.2, 0.25) is 0 Å². The van der Waals surface area contributed by atoms with Gasteiger partial charge in [0.2, 0.25) is 0 Å². The number of H-pyrrole nitrogens is 1. The number of aromatic nitrogens is 2. The summed E-state index contributed by atoms with van der Waals surface area (Å²) in [6.45, 7) is 0. The van der Waals surface area contributed by atoms with Gasteiger partial charge in [-0.3, -0.25) is 0 Å². The molecule has 9 rings (SSSR count). The van der Waals surface area contributed by atoms with Crippen LogP contribution in [0.1, 0.15) is 38.5 Å². The molecular weight excluding hydrogens is 280 g/mol. The number of nitrogens with zero attached hydrogens (tertiary/aromatic N) is 1. The van der Waals surface area contributed by atoms with Crippen LogP contribution in [0.25, 0.3) is 11.0 Å². The maximum absolute atomic E-state index is 4.06. The monoisotopic (exact) mass is 306 g/mol. The lowest BCUT2D eigenvalue weighted by atomic mass is 9.36. The summed E-state index contributed by atoms with van der Waals surface area (Å²) in [6.07, 6.45) is 11.6. The molecule has 0 radical (unpaired) electrons. The maximum Gasteiger partial charge on any atom is 0.0931 e. The molecule has 23 heavy (non-hydrogen) atoms. The number of fused-ring (bicyclic) bond motifs is 1. The fraction of sp³-hybridized carbons (Fsp3) is 0.667. The average Bonchev–Trinajstić information content (AvgIpc) is 3.08. The summed E-state index contributed by atoms with van der Waals surface area (Å²) in [6, 6.07) is 7.94. The van der Waals surface area contributed by atoms with Crippen molar-refractivity contribution in [2.24, 2.45) is 47.3 Å². The van der Waals surface area contributed by atoms with E-state index in [1.54, 1.807) is 44.9 Å². The smallest absolute Gasteiger partial charge is 0.0931 e. The number of imidazole rings is 1. The number of aromatic amines is 1. The van der Waals surface area contributed by atoms with Crippen molar-refractivity contribution in [1.29, 1.82) is 0 Å². The molecule has 1 aromatic carbocycles. The van der Waals surface area contributed by atoms with Crippen molar-refractivity contribution in [3.05, 3.63) is 30.6 Å². The predicted molar refractivity (Wildman–Crippen MR) is 91.7 cm³/mol. The molecule has 0 atom stereocenters. The number of rotatable bonds is 0. The van der Waals surface area contributed by atoms with Crippen LogP contribution >= 0.6 is 0 Å². The van der Waals surface area contributed by atoms with Crippen LogP contribution < -0.4 is 0 Å². The third-order valence-electron chi connectivity index (χ3n) is 8.26. The molecule has 7 aliphatic carbocycles. The highest BCUT2D eigenvalue weighted by molar-refractivity contribution is 5.73. The fourth-order valence-corrected chi connectivity index (χ4v) is 7.77. The van der Waals surface area contributed by atoms with E-state index < -0.39 is 0 Å². The number of benzene rings is 1. The van der Waals surface area contributed by atoms with E-state index in [1.165, 1.54) is 47.3 Å². The molecule has 2 nitrogen and oxygen atoms in total. The summed E-state index contributed by atoms with van der Waals surface area (Å²) in [5.41, 5.74) is 2.12. The number of hydrogen-bond donors (Lipinski definition) is 1. The lowest BCUT2D eigenvalue weighted by Gasteiger charge is -2.69. The molecule has 1 N–H and O–H groups in total. The van der Waals surface area contributed by atoms with Gasteiger partial charge in [-0.2, -0.15) is 0 Å². The van der Waals surface area contributed by atoms with E-state index in [-0.39, 0.29) is 0 Å². The normalized spacial score (nSPS) is 47.8. The van der Waals surface area contributed by atoms with E-state index in [0.717, 1.165) is 11.0 Å². The highest BCUT2D eigenvalue weighted by Crippen LogP contribution is 2.71.